The highest BCUT2D eigenvalue weighted by molar-refractivity contribution is 5.87. The van der Waals surface area contributed by atoms with Gasteiger partial charge in [-0.05, 0) is 33.2 Å². The van der Waals surface area contributed by atoms with Crippen molar-refractivity contribution in [1.29, 1.82) is 0 Å². The molecule has 5 heteroatoms. The van der Waals surface area contributed by atoms with Crippen LogP contribution in [0.25, 0.3) is 0 Å². The Kier molecular flexibility index (Phi) is 6.99. The SMILES string of the molecule is CCCNC(=O)C(C)NC(=O)CC1(NC)CCCCC1. The first-order valence-electron chi connectivity index (χ1n) is 7.79. The van der Waals surface area contributed by atoms with E-state index in [0.717, 1.165) is 19.3 Å². The van der Waals surface area contributed by atoms with Gasteiger partial charge in [0.1, 0.15) is 6.04 Å². The van der Waals surface area contributed by atoms with E-state index in [0.29, 0.717) is 13.0 Å². The first-order valence-corrected chi connectivity index (χ1v) is 7.79. The summed E-state index contributed by atoms with van der Waals surface area (Å²) in [5.41, 5.74) is -0.0814. The summed E-state index contributed by atoms with van der Waals surface area (Å²) in [6.45, 7) is 4.39. The maximum Gasteiger partial charge on any atom is 0.242 e. The minimum atomic E-state index is -0.466. The first kappa shape index (κ1) is 17.0. The van der Waals surface area contributed by atoms with Gasteiger partial charge in [0.25, 0.3) is 0 Å². The molecule has 2 amide bonds. The van der Waals surface area contributed by atoms with Crippen LogP contribution in [0.2, 0.25) is 0 Å². The van der Waals surface area contributed by atoms with Crippen molar-refractivity contribution in [2.75, 3.05) is 13.6 Å². The predicted octanol–water partition coefficient (Wildman–Crippen LogP) is 1.33. The maximum absolute atomic E-state index is 12.1. The van der Waals surface area contributed by atoms with Crippen molar-refractivity contribution in [3.8, 4) is 0 Å². The van der Waals surface area contributed by atoms with Crippen LogP contribution in [0, 0.1) is 0 Å². The van der Waals surface area contributed by atoms with Crippen LogP contribution in [0.5, 0.6) is 0 Å². The largest absolute Gasteiger partial charge is 0.354 e. The van der Waals surface area contributed by atoms with Gasteiger partial charge in [-0.3, -0.25) is 9.59 Å². The molecule has 0 aliphatic heterocycles. The van der Waals surface area contributed by atoms with Gasteiger partial charge in [-0.15, -0.1) is 0 Å². The van der Waals surface area contributed by atoms with Crippen LogP contribution < -0.4 is 16.0 Å². The Morgan fingerprint density at radius 2 is 1.85 bits per heavy atom. The Morgan fingerprint density at radius 1 is 1.20 bits per heavy atom. The second-order valence-electron chi connectivity index (χ2n) is 5.85. The van der Waals surface area contributed by atoms with E-state index in [-0.39, 0.29) is 17.4 Å². The Hall–Kier alpha value is -1.10. The van der Waals surface area contributed by atoms with E-state index < -0.39 is 6.04 Å². The van der Waals surface area contributed by atoms with Crippen LogP contribution in [0.15, 0.2) is 0 Å². The Bertz CT molecular complexity index is 325. The minimum absolute atomic E-state index is 0.0413. The molecule has 0 heterocycles. The van der Waals surface area contributed by atoms with Crippen LogP contribution in [-0.2, 0) is 9.59 Å². The van der Waals surface area contributed by atoms with Crippen molar-refractivity contribution in [2.45, 2.75) is 70.4 Å². The number of carbonyl (C=O) groups excluding carboxylic acids is 2. The van der Waals surface area contributed by atoms with Crippen LogP contribution in [0.4, 0.5) is 0 Å². The number of carbonyl (C=O) groups is 2. The van der Waals surface area contributed by atoms with Crippen molar-refractivity contribution in [1.82, 2.24) is 16.0 Å². The highest BCUT2D eigenvalue weighted by Gasteiger charge is 2.33. The molecule has 1 atom stereocenters. The topological polar surface area (TPSA) is 70.2 Å². The Labute approximate surface area is 122 Å². The first-order chi connectivity index (χ1) is 9.53. The lowest BCUT2D eigenvalue weighted by atomic mass is 9.79. The molecule has 1 fully saturated rings. The van der Waals surface area contributed by atoms with Crippen molar-refractivity contribution in [3.05, 3.63) is 0 Å². The van der Waals surface area contributed by atoms with Crippen LogP contribution in [-0.4, -0.2) is 37.0 Å². The van der Waals surface area contributed by atoms with Gasteiger partial charge in [0, 0.05) is 18.5 Å². The average Bonchev–Trinajstić information content (AvgIpc) is 2.45. The molecule has 0 bridgehead atoms. The van der Waals surface area contributed by atoms with E-state index in [2.05, 4.69) is 16.0 Å². The van der Waals surface area contributed by atoms with Gasteiger partial charge in [0.2, 0.25) is 11.8 Å². The van der Waals surface area contributed by atoms with Gasteiger partial charge in [-0.1, -0.05) is 26.2 Å². The monoisotopic (exact) mass is 283 g/mol. The minimum Gasteiger partial charge on any atom is -0.354 e. The third kappa shape index (κ3) is 5.12. The molecule has 116 valence electrons. The summed E-state index contributed by atoms with van der Waals surface area (Å²) in [5.74, 6) is -0.150. The van der Waals surface area contributed by atoms with E-state index in [9.17, 15) is 9.59 Å². The average molecular weight is 283 g/mol. The molecule has 5 nitrogen and oxygen atoms in total. The van der Waals surface area contributed by atoms with E-state index in [1.54, 1.807) is 6.92 Å². The molecule has 0 aromatic rings. The number of hydrogen-bond acceptors (Lipinski definition) is 3. The van der Waals surface area contributed by atoms with E-state index in [1.807, 2.05) is 14.0 Å². The molecular formula is C15H29N3O2. The third-order valence-electron chi connectivity index (χ3n) is 4.16. The van der Waals surface area contributed by atoms with Crippen molar-refractivity contribution in [2.24, 2.45) is 0 Å². The summed E-state index contributed by atoms with van der Waals surface area (Å²) in [6.07, 6.45) is 7.01. The second-order valence-corrected chi connectivity index (χ2v) is 5.85. The summed E-state index contributed by atoms with van der Waals surface area (Å²) in [7, 11) is 1.93. The van der Waals surface area contributed by atoms with E-state index in [1.165, 1.54) is 19.3 Å². The fourth-order valence-electron chi connectivity index (χ4n) is 2.81. The molecule has 20 heavy (non-hydrogen) atoms. The van der Waals surface area contributed by atoms with Crippen molar-refractivity contribution in [3.63, 3.8) is 0 Å². The summed E-state index contributed by atoms with van der Waals surface area (Å²) >= 11 is 0. The zero-order valence-corrected chi connectivity index (χ0v) is 13.1. The third-order valence-corrected chi connectivity index (χ3v) is 4.16. The van der Waals surface area contributed by atoms with Gasteiger partial charge in [-0.25, -0.2) is 0 Å². The maximum atomic E-state index is 12.1. The van der Waals surface area contributed by atoms with Crippen LogP contribution in [0.3, 0.4) is 0 Å². The molecule has 0 aromatic heterocycles. The van der Waals surface area contributed by atoms with Crippen LogP contribution >= 0.6 is 0 Å². The summed E-state index contributed by atoms with van der Waals surface area (Å²) in [6, 6.07) is -0.466. The van der Waals surface area contributed by atoms with E-state index in [4.69, 9.17) is 0 Å². The molecule has 3 N–H and O–H groups in total. The normalized spacial score (nSPS) is 19.1. The fraction of sp³-hybridized carbons (Fsp3) is 0.867. The fourth-order valence-corrected chi connectivity index (χ4v) is 2.81. The number of amides is 2. The van der Waals surface area contributed by atoms with Gasteiger partial charge >= 0.3 is 0 Å². The van der Waals surface area contributed by atoms with Gasteiger partial charge in [-0.2, -0.15) is 0 Å². The van der Waals surface area contributed by atoms with Crippen LogP contribution in [0.1, 0.15) is 58.8 Å². The quantitative estimate of drug-likeness (QED) is 0.660. The van der Waals surface area contributed by atoms with Gasteiger partial charge in [0.05, 0.1) is 0 Å². The molecule has 0 radical (unpaired) electrons. The zero-order valence-electron chi connectivity index (χ0n) is 13.1. The smallest absolute Gasteiger partial charge is 0.242 e. The Morgan fingerprint density at radius 3 is 2.40 bits per heavy atom. The lowest BCUT2D eigenvalue weighted by Gasteiger charge is -2.36. The second kappa shape index (κ2) is 8.25. The zero-order chi connectivity index (χ0) is 15.0. The molecule has 0 aromatic carbocycles. The lowest BCUT2D eigenvalue weighted by Crippen LogP contribution is -2.51. The summed E-state index contributed by atoms with van der Waals surface area (Å²) in [5, 5.41) is 8.92. The Balaban J connectivity index is 2.43. The molecule has 1 aliphatic rings. The number of rotatable bonds is 7. The molecule has 0 saturated heterocycles. The highest BCUT2D eigenvalue weighted by Crippen LogP contribution is 2.30. The highest BCUT2D eigenvalue weighted by atomic mass is 16.2. The lowest BCUT2D eigenvalue weighted by molar-refractivity contribution is -0.129. The summed E-state index contributed by atoms with van der Waals surface area (Å²) < 4.78 is 0. The van der Waals surface area contributed by atoms with Gasteiger partial charge in [0.15, 0.2) is 0 Å². The number of nitrogens with one attached hydrogen (secondary N) is 3. The molecule has 0 spiro atoms. The molecule has 1 unspecified atom stereocenters. The summed E-state index contributed by atoms with van der Waals surface area (Å²) in [4.78, 5) is 23.9. The molecule has 1 aliphatic carbocycles. The van der Waals surface area contributed by atoms with E-state index >= 15 is 0 Å². The molecule has 1 rings (SSSR count). The number of hydrogen-bond donors (Lipinski definition) is 3. The standard InChI is InChI=1S/C15H29N3O2/c1-4-10-17-14(20)12(2)18-13(19)11-15(16-3)8-6-5-7-9-15/h12,16H,4-11H2,1-3H3,(H,17,20)(H,18,19). The van der Waals surface area contributed by atoms with Crippen molar-refractivity contribution >= 4 is 11.8 Å². The molecular weight excluding hydrogens is 254 g/mol. The van der Waals surface area contributed by atoms with Crippen molar-refractivity contribution < 1.29 is 9.59 Å². The van der Waals surface area contributed by atoms with Gasteiger partial charge < -0.3 is 16.0 Å². The predicted molar refractivity (Wildman–Crippen MR) is 80.4 cm³/mol. The molecule has 1 saturated carbocycles.